The molecule has 1 aliphatic carbocycles. The van der Waals surface area contributed by atoms with E-state index in [1.807, 2.05) is 0 Å². The first-order valence-electron chi connectivity index (χ1n) is 6.09. The summed E-state index contributed by atoms with van der Waals surface area (Å²) < 4.78 is 0. The Labute approximate surface area is 98.7 Å². The molecule has 0 atom stereocenters. The van der Waals surface area contributed by atoms with Crippen LogP contribution in [0.1, 0.15) is 12.8 Å². The topological polar surface area (TPSA) is 6.48 Å². The molecule has 0 amide bonds. The summed E-state index contributed by atoms with van der Waals surface area (Å²) in [7, 11) is 0. The summed E-state index contributed by atoms with van der Waals surface area (Å²) in [6, 6.07) is 0. The van der Waals surface area contributed by atoms with Crippen molar-refractivity contribution in [2.45, 2.75) is 12.8 Å². The predicted molar refractivity (Wildman–Crippen MR) is 68.6 cm³/mol. The second-order valence-electron chi connectivity index (χ2n) is 4.70. The van der Waals surface area contributed by atoms with Crippen LogP contribution in [-0.2, 0) is 0 Å². The molecule has 0 aromatic carbocycles. The molecule has 2 aliphatic rings. The Morgan fingerprint density at radius 1 is 1.00 bits per heavy atom. The minimum absolute atomic E-state index is 0.863. The molecule has 3 heteroatoms. The van der Waals surface area contributed by atoms with E-state index < -0.39 is 0 Å². The Bertz CT molecular complexity index is 206. The van der Waals surface area contributed by atoms with Gasteiger partial charge in [0.25, 0.3) is 0 Å². The summed E-state index contributed by atoms with van der Waals surface area (Å²) in [6.45, 7) is 7.49. The number of piperazine rings is 1. The summed E-state index contributed by atoms with van der Waals surface area (Å²) in [5.41, 5.74) is 0. The van der Waals surface area contributed by atoms with Gasteiger partial charge in [-0.05, 0) is 18.8 Å². The van der Waals surface area contributed by atoms with Crippen molar-refractivity contribution in [1.82, 2.24) is 9.80 Å². The smallest absolute Gasteiger partial charge is 0.0164 e. The molecule has 0 radical (unpaired) electrons. The normalized spacial score (nSPS) is 25.1. The van der Waals surface area contributed by atoms with E-state index in [1.165, 1.54) is 45.6 Å². The van der Waals surface area contributed by atoms with Crippen LogP contribution in [0.15, 0.2) is 12.2 Å². The summed E-state index contributed by atoms with van der Waals surface area (Å²) in [6.07, 6.45) is 7.33. The number of hydrogen-bond donors (Lipinski definition) is 1. The lowest BCUT2D eigenvalue weighted by atomic mass is 10.3. The van der Waals surface area contributed by atoms with Gasteiger partial charge in [0, 0.05) is 45.0 Å². The van der Waals surface area contributed by atoms with Crippen molar-refractivity contribution >= 4 is 12.6 Å². The standard InChI is InChI=1S/C12H22N2S/c15-10-2-1-5-13-6-8-14(9-7-13)11-12-3-4-12/h1-2,12,15H,3-11H2. The summed E-state index contributed by atoms with van der Waals surface area (Å²) in [5.74, 6) is 1.90. The van der Waals surface area contributed by atoms with E-state index in [4.69, 9.17) is 0 Å². The second kappa shape index (κ2) is 5.92. The highest BCUT2D eigenvalue weighted by Gasteiger charge is 2.25. The van der Waals surface area contributed by atoms with Crippen LogP contribution in [0.2, 0.25) is 0 Å². The number of thiol groups is 1. The average molecular weight is 226 g/mol. The fourth-order valence-corrected chi connectivity index (χ4v) is 2.27. The van der Waals surface area contributed by atoms with E-state index >= 15 is 0 Å². The van der Waals surface area contributed by atoms with E-state index in [0.29, 0.717) is 0 Å². The summed E-state index contributed by atoms with van der Waals surface area (Å²) in [4.78, 5) is 5.17. The fourth-order valence-electron chi connectivity index (χ4n) is 2.12. The van der Waals surface area contributed by atoms with Crippen LogP contribution in [0, 0.1) is 5.92 Å². The molecule has 0 spiro atoms. The maximum Gasteiger partial charge on any atom is 0.0164 e. The first kappa shape index (κ1) is 11.5. The molecule has 1 saturated heterocycles. The van der Waals surface area contributed by atoms with Crippen molar-refractivity contribution in [2.24, 2.45) is 5.92 Å². The minimum Gasteiger partial charge on any atom is -0.301 e. The average Bonchev–Trinajstić information content (AvgIpc) is 3.05. The predicted octanol–water partition coefficient (Wildman–Crippen LogP) is 1.50. The van der Waals surface area contributed by atoms with E-state index in [2.05, 4.69) is 34.6 Å². The molecular weight excluding hydrogens is 204 g/mol. The Hall–Kier alpha value is 0.01000. The van der Waals surface area contributed by atoms with Gasteiger partial charge in [0.2, 0.25) is 0 Å². The Morgan fingerprint density at radius 3 is 2.27 bits per heavy atom. The molecular formula is C12H22N2S. The molecule has 2 nitrogen and oxygen atoms in total. The number of rotatable bonds is 5. The zero-order chi connectivity index (χ0) is 10.5. The lowest BCUT2D eigenvalue weighted by Crippen LogP contribution is -2.46. The van der Waals surface area contributed by atoms with Crippen molar-refractivity contribution < 1.29 is 0 Å². The highest BCUT2D eigenvalue weighted by molar-refractivity contribution is 7.80. The lowest BCUT2D eigenvalue weighted by Gasteiger charge is -2.34. The Kier molecular flexibility index (Phi) is 4.54. The highest BCUT2D eigenvalue weighted by Crippen LogP contribution is 2.29. The van der Waals surface area contributed by atoms with E-state index in [9.17, 15) is 0 Å². The largest absolute Gasteiger partial charge is 0.301 e. The molecule has 0 bridgehead atoms. The number of hydrogen-bond acceptors (Lipinski definition) is 3. The van der Waals surface area contributed by atoms with E-state index in [-0.39, 0.29) is 0 Å². The second-order valence-corrected chi connectivity index (χ2v) is 5.06. The first-order chi connectivity index (χ1) is 7.38. The fraction of sp³-hybridized carbons (Fsp3) is 0.833. The van der Waals surface area contributed by atoms with Crippen molar-refractivity contribution in [2.75, 3.05) is 45.0 Å². The van der Waals surface area contributed by atoms with Crippen LogP contribution in [-0.4, -0.2) is 54.8 Å². The summed E-state index contributed by atoms with van der Waals surface area (Å²) >= 11 is 4.16. The third kappa shape index (κ3) is 4.17. The zero-order valence-corrected chi connectivity index (χ0v) is 10.3. The molecule has 0 aromatic rings. The molecule has 0 aromatic heterocycles. The van der Waals surface area contributed by atoms with Gasteiger partial charge in [-0.15, -0.1) is 0 Å². The van der Waals surface area contributed by atoms with Crippen molar-refractivity contribution in [3.05, 3.63) is 12.2 Å². The SMILES string of the molecule is SCC=CCN1CCN(CC2CC2)CC1. The van der Waals surface area contributed by atoms with Crippen molar-refractivity contribution in [3.8, 4) is 0 Å². The Morgan fingerprint density at radius 2 is 1.67 bits per heavy atom. The molecule has 15 heavy (non-hydrogen) atoms. The zero-order valence-electron chi connectivity index (χ0n) is 9.44. The maximum absolute atomic E-state index is 4.16. The van der Waals surface area contributed by atoms with Crippen LogP contribution in [0.3, 0.4) is 0 Å². The molecule has 1 saturated carbocycles. The molecule has 1 heterocycles. The molecule has 1 aliphatic heterocycles. The van der Waals surface area contributed by atoms with Crippen LogP contribution >= 0.6 is 12.6 Å². The molecule has 2 fully saturated rings. The molecule has 0 N–H and O–H groups in total. The van der Waals surface area contributed by atoms with Gasteiger partial charge in [0.05, 0.1) is 0 Å². The summed E-state index contributed by atoms with van der Waals surface area (Å²) in [5, 5.41) is 0. The van der Waals surface area contributed by atoms with Gasteiger partial charge in [-0.25, -0.2) is 0 Å². The molecule has 0 unspecified atom stereocenters. The van der Waals surface area contributed by atoms with Crippen molar-refractivity contribution in [1.29, 1.82) is 0 Å². The van der Waals surface area contributed by atoms with Gasteiger partial charge in [0.15, 0.2) is 0 Å². The minimum atomic E-state index is 0.863. The lowest BCUT2D eigenvalue weighted by molar-refractivity contribution is 0.138. The number of nitrogens with zero attached hydrogens (tertiary/aromatic N) is 2. The van der Waals surface area contributed by atoms with Crippen LogP contribution in [0.5, 0.6) is 0 Å². The molecule has 86 valence electrons. The van der Waals surface area contributed by atoms with Gasteiger partial charge >= 0.3 is 0 Å². The third-order valence-corrected chi connectivity index (χ3v) is 3.52. The van der Waals surface area contributed by atoms with E-state index in [0.717, 1.165) is 18.2 Å². The van der Waals surface area contributed by atoms with Crippen LogP contribution in [0.25, 0.3) is 0 Å². The van der Waals surface area contributed by atoms with E-state index in [1.54, 1.807) is 0 Å². The first-order valence-corrected chi connectivity index (χ1v) is 6.72. The molecule has 2 rings (SSSR count). The van der Waals surface area contributed by atoms with Crippen LogP contribution < -0.4 is 0 Å². The van der Waals surface area contributed by atoms with Gasteiger partial charge in [-0.2, -0.15) is 12.6 Å². The van der Waals surface area contributed by atoms with Gasteiger partial charge in [-0.1, -0.05) is 12.2 Å². The highest BCUT2D eigenvalue weighted by atomic mass is 32.1. The Balaban J connectivity index is 1.60. The quantitative estimate of drug-likeness (QED) is 0.561. The third-order valence-electron chi connectivity index (χ3n) is 3.31. The van der Waals surface area contributed by atoms with Gasteiger partial charge in [-0.3, -0.25) is 4.90 Å². The van der Waals surface area contributed by atoms with Gasteiger partial charge < -0.3 is 4.90 Å². The monoisotopic (exact) mass is 226 g/mol. The van der Waals surface area contributed by atoms with Gasteiger partial charge in [0.1, 0.15) is 0 Å². The van der Waals surface area contributed by atoms with Crippen molar-refractivity contribution in [3.63, 3.8) is 0 Å². The maximum atomic E-state index is 4.16. The van der Waals surface area contributed by atoms with Crippen LogP contribution in [0.4, 0.5) is 0 Å².